The van der Waals surface area contributed by atoms with E-state index in [2.05, 4.69) is 44.5 Å². The van der Waals surface area contributed by atoms with E-state index in [4.69, 9.17) is 0 Å². The Morgan fingerprint density at radius 3 is 1.79 bits per heavy atom. The standard InChI is InChI=1S/C13H19N/c1-6-7-8-9-14-12(4)10(2)11(3)13(14)5/h6-9H,1-5H3. The summed E-state index contributed by atoms with van der Waals surface area (Å²) < 4.78 is 2.24. The van der Waals surface area contributed by atoms with Gasteiger partial charge in [0, 0.05) is 17.6 Å². The van der Waals surface area contributed by atoms with Crippen molar-refractivity contribution in [2.75, 3.05) is 0 Å². The van der Waals surface area contributed by atoms with Gasteiger partial charge in [0.25, 0.3) is 0 Å². The summed E-state index contributed by atoms with van der Waals surface area (Å²) >= 11 is 0. The molecule has 14 heavy (non-hydrogen) atoms. The van der Waals surface area contributed by atoms with Crippen LogP contribution >= 0.6 is 0 Å². The lowest BCUT2D eigenvalue weighted by molar-refractivity contribution is 1.02. The maximum atomic E-state index is 2.24. The second-order valence-electron chi connectivity index (χ2n) is 3.66. The zero-order valence-electron chi connectivity index (χ0n) is 9.76. The van der Waals surface area contributed by atoms with Gasteiger partial charge in [-0.2, -0.15) is 0 Å². The quantitative estimate of drug-likeness (QED) is 0.624. The summed E-state index contributed by atoms with van der Waals surface area (Å²) in [6, 6.07) is 0. The monoisotopic (exact) mass is 189 g/mol. The molecule has 0 N–H and O–H groups in total. The Morgan fingerprint density at radius 2 is 1.36 bits per heavy atom. The first kappa shape index (κ1) is 10.8. The number of rotatable bonds is 2. The Bertz CT molecular complexity index is 353. The minimum absolute atomic E-state index is 1.33. The molecule has 0 bridgehead atoms. The van der Waals surface area contributed by atoms with Crippen LogP contribution in [0.25, 0.3) is 6.20 Å². The molecule has 0 aliphatic carbocycles. The van der Waals surface area contributed by atoms with E-state index in [-0.39, 0.29) is 0 Å². The molecule has 1 aromatic rings. The van der Waals surface area contributed by atoms with Crippen LogP contribution < -0.4 is 0 Å². The number of aromatic nitrogens is 1. The molecule has 1 heterocycles. The van der Waals surface area contributed by atoms with Crippen LogP contribution in [0.15, 0.2) is 18.2 Å². The van der Waals surface area contributed by atoms with Gasteiger partial charge in [-0.3, -0.25) is 0 Å². The highest BCUT2D eigenvalue weighted by molar-refractivity contribution is 5.44. The fraction of sp³-hybridized carbons (Fsp3) is 0.385. The summed E-state index contributed by atoms with van der Waals surface area (Å²) in [4.78, 5) is 0. The number of hydrogen-bond acceptors (Lipinski definition) is 0. The molecule has 1 nitrogen and oxygen atoms in total. The van der Waals surface area contributed by atoms with Gasteiger partial charge in [-0.15, -0.1) is 0 Å². The average molecular weight is 189 g/mol. The molecule has 0 fully saturated rings. The maximum absolute atomic E-state index is 2.24. The molecular weight excluding hydrogens is 170 g/mol. The Morgan fingerprint density at radius 1 is 0.857 bits per heavy atom. The number of hydrogen-bond donors (Lipinski definition) is 0. The van der Waals surface area contributed by atoms with Gasteiger partial charge in [-0.1, -0.05) is 12.2 Å². The lowest BCUT2D eigenvalue weighted by Gasteiger charge is -2.01. The molecule has 1 aromatic heterocycles. The molecule has 1 heteroatoms. The molecule has 0 aliphatic rings. The topological polar surface area (TPSA) is 4.93 Å². The zero-order chi connectivity index (χ0) is 10.7. The fourth-order valence-corrected chi connectivity index (χ4v) is 1.63. The molecule has 76 valence electrons. The number of allylic oxidation sites excluding steroid dienone is 3. The largest absolute Gasteiger partial charge is 0.325 e. The van der Waals surface area contributed by atoms with Crippen LogP contribution in [-0.4, -0.2) is 4.57 Å². The van der Waals surface area contributed by atoms with Gasteiger partial charge in [0.2, 0.25) is 0 Å². The van der Waals surface area contributed by atoms with Crippen LogP contribution in [0.1, 0.15) is 29.4 Å². The Hall–Kier alpha value is -1.24. The first-order valence-corrected chi connectivity index (χ1v) is 5.03. The van der Waals surface area contributed by atoms with Gasteiger partial charge in [0.05, 0.1) is 0 Å². The summed E-state index contributed by atoms with van der Waals surface area (Å²) in [5, 5.41) is 0. The fourth-order valence-electron chi connectivity index (χ4n) is 1.63. The highest BCUT2D eigenvalue weighted by Crippen LogP contribution is 2.20. The van der Waals surface area contributed by atoms with Gasteiger partial charge in [-0.05, 0) is 51.8 Å². The van der Waals surface area contributed by atoms with Gasteiger partial charge >= 0.3 is 0 Å². The van der Waals surface area contributed by atoms with Gasteiger partial charge in [0.1, 0.15) is 0 Å². The van der Waals surface area contributed by atoms with E-state index < -0.39 is 0 Å². The van der Waals surface area contributed by atoms with Gasteiger partial charge < -0.3 is 4.57 Å². The van der Waals surface area contributed by atoms with Crippen molar-refractivity contribution in [3.63, 3.8) is 0 Å². The van der Waals surface area contributed by atoms with Crippen LogP contribution in [0.4, 0.5) is 0 Å². The highest BCUT2D eigenvalue weighted by Gasteiger charge is 2.07. The molecule has 1 rings (SSSR count). The van der Waals surface area contributed by atoms with E-state index in [9.17, 15) is 0 Å². The highest BCUT2D eigenvalue weighted by atomic mass is 15.0. The number of nitrogens with zero attached hydrogens (tertiary/aromatic N) is 1. The second-order valence-corrected chi connectivity index (χ2v) is 3.66. The van der Waals surface area contributed by atoms with Crippen LogP contribution in [0.3, 0.4) is 0 Å². The molecular formula is C13H19N. The van der Waals surface area contributed by atoms with Crippen LogP contribution in [-0.2, 0) is 0 Å². The van der Waals surface area contributed by atoms with Crippen molar-refractivity contribution < 1.29 is 0 Å². The molecule has 0 unspecified atom stereocenters. The third-order valence-corrected chi connectivity index (χ3v) is 2.91. The molecule has 0 aromatic carbocycles. The van der Waals surface area contributed by atoms with Crippen molar-refractivity contribution in [1.82, 2.24) is 4.57 Å². The molecule has 0 amide bonds. The van der Waals surface area contributed by atoms with E-state index >= 15 is 0 Å². The SMILES string of the molecule is CC=CC=Cn1c(C)c(C)c(C)c1C. The normalized spacial score (nSPS) is 12.1. The smallest absolute Gasteiger partial charge is 0.0224 e. The molecule has 0 saturated carbocycles. The lowest BCUT2D eigenvalue weighted by atomic mass is 10.2. The summed E-state index contributed by atoms with van der Waals surface area (Å²) in [6.07, 6.45) is 8.26. The van der Waals surface area contributed by atoms with Crippen molar-refractivity contribution in [1.29, 1.82) is 0 Å². The first-order valence-electron chi connectivity index (χ1n) is 5.03. The maximum Gasteiger partial charge on any atom is 0.0224 e. The lowest BCUT2D eigenvalue weighted by Crippen LogP contribution is -1.91. The molecule has 0 radical (unpaired) electrons. The Kier molecular flexibility index (Phi) is 3.34. The third-order valence-electron chi connectivity index (χ3n) is 2.91. The molecule has 0 aliphatic heterocycles. The van der Waals surface area contributed by atoms with Crippen molar-refractivity contribution in [3.8, 4) is 0 Å². The average Bonchev–Trinajstić information content (AvgIpc) is 2.35. The van der Waals surface area contributed by atoms with Crippen molar-refractivity contribution in [2.24, 2.45) is 0 Å². The predicted molar refractivity (Wildman–Crippen MR) is 63.5 cm³/mol. The third kappa shape index (κ3) is 1.82. The summed E-state index contributed by atoms with van der Waals surface area (Å²) in [5.74, 6) is 0. The summed E-state index contributed by atoms with van der Waals surface area (Å²) in [7, 11) is 0. The summed E-state index contributed by atoms with van der Waals surface area (Å²) in [6.45, 7) is 10.7. The molecule has 0 spiro atoms. The molecule has 0 atom stereocenters. The predicted octanol–water partition coefficient (Wildman–Crippen LogP) is 3.77. The molecule has 0 saturated heterocycles. The summed E-state index contributed by atoms with van der Waals surface area (Å²) in [5.41, 5.74) is 5.46. The van der Waals surface area contributed by atoms with E-state index in [0.29, 0.717) is 0 Å². The van der Waals surface area contributed by atoms with Crippen LogP contribution in [0.5, 0.6) is 0 Å². The second kappa shape index (κ2) is 4.32. The van der Waals surface area contributed by atoms with E-state index in [1.165, 1.54) is 22.5 Å². The van der Waals surface area contributed by atoms with Gasteiger partial charge in [-0.25, -0.2) is 0 Å². The van der Waals surface area contributed by atoms with Crippen molar-refractivity contribution >= 4 is 6.20 Å². The minimum atomic E-state index is 1.33. The van der Waals surface area contributed by atoms with Crippen LogP contribution in [0, 0.1) is 27.7 Å². The Balaban J connectivity index is 3.15. The minimum Gasteiger partial charge on any atom is -0.325 e. The van der Waals surface area contributed by atoms with E-state index in [1.807, 2.05) is 19.1 Å². The first-order chi connectivity index (χ1) is 6.59. The Labute approximate surface area is 86.8 Å². The zero-order valence-corrected chi connectivity index (χ0v) is 9.76. The van der Waals surface area contributed by atoms with E-state index in [1.54, 1.807) is 0 Å². The van der Waals surface area contributed by atoms with Crippen molar-refractivity contribution in [2.45, 2.75) is 34.6 Å². The van der Waals surface area contributed by atoms with Crippen LogP contribution in [0.2, 0.25) is 0 Å². The van der Waals surface area contributed by atoms with E-state index in [0.717, 1.165) is 0 Å². The van der Waals surface area contributed by atoms with Gasteiger partial charge in [0.15, 0.2) is 0 Å². The van der Waals surface area contributed by atoms with Crippen molar-refractivity contribution in [3.05, 3.63) is 40.7 Å².